The maximum absolute atomic E-state index is 12.2. The SMILES string of the molecule is C/C(=C\C(C)(C)C)c1ccc(C(=O)NCc2ccncc2)cc1. The van der Waals surface area contributed by atoms with Crippen molar-refractivity contribution in [3.05, 3.63) is 71.6 Å². The van der Waals surface area contributed by atoms with Crippen LogP contribution in [-0.4, -0.2) is 10.9 Å². The first kappa shape index (κ1) is 16.9. The molecule has 1 amide bonds. The van der Waals surface area contributed by atoms with E-state index in [0.29, 0.717) is 12.1 Å². The maximum atomic E-state index is 12.2. The van der Waals surface area contributed by atoms with Crippen molar-refractivity contribution >= 4 is 11.5 Å². The van der Waals surface area contributed by atoms with E-state index in [1.54, 1.807) is 12.4 Å². The van der Waals surface area contributed by atoms with Crippen LogP contribution in [0.15, 0.2) is 54.9 Å². The number of nitrogens with zero attached hydrogens (tertiary/aromatic N) is 1. The van der Waals surface area contributed by atoms with Gasteiger partial charge in [0.2, 0.25) is 0 Å². The van der Waals surface area contributed by atoms with Gasteiger partial charge in [-0.15, -0.1) is 0 Å². The Hall–Kier alpha value is -2.42. The molecule has 23 heavy (non-hydrogen) atoms. The molecule has 0 fully saturated rings. The highest BCUT2D eigenvalue weighted by atomic mass is 16.1. The number of rotatable bonds is 4. The Morgan fingerprint density at radius 3 is 2.17 bits per heavy atom. The summed E-state index contributed by atoms with van der Waals surface area (Å²) in [5.74, 6) is -0.0641. The van der Waals surface area contributed by atoms with Gasteiger partial charge >= 0.3 is 0 Å². The lowest BCUT2D eigenvalue weighted by Gasteiger charge is -2.14. The highest BCUT2D eigenvalue weighted by molar-refractivity contribution is 5.94. The molecule has 0 saturated carbocycles. The van der Waals surface area contributed by atoms with Crippen LogP contribution in [0.25, 0.3) is 5.57 Å². The van der Waals surface area contributed by atoms with Crippen LogP contribution in [-0.2, 0) is 6.54 Å². The van der Waals surface area contributed by atoms with Crippen LogP contribution in [0.5, 0.6) is 0 Å². The molecule has 0 aliphatic carbocycles. The molecule has 3 heteroatoms. The van der Waals surface area contributed by atoms with Crippen molar-refractivity contribution in [1.82, 2.24) is 10.3 Å². The molecule has 0 unspecified atom stereocenters. The Balaban J connectivity index is 2.02. The summed E-state index contributed by atoms with van der Waals surface area (Å²) < 4.78 is 0. The molecule has 1 N–H and O–H groups in total. The largest absolute Gasteiger partial charge is 0.348 e. The number of hydrogen-bond donors (Lipinski definition) is 1. The second-order valence-corrected chi connectivity index (χ2v) is 6.81. The van der Waals surface area contributed by atoms with Crippen LogP contribution >= 0.6 is 0 Å². The number of carbonyl (C=O) groups is 1. The first-order valence-electron chi connectivity index (χ1n) is 7.82. The number of amides is 1. The van der Waals surface area contributed by atoms with E-state index in [-0.39, 0.29) is 11.3 Å². The van der Waals surface area contributed by atoms with E-state index in [1.165, 1.54) is 5.57 Å². The summed E-state index contributed by atoms with van der Waals surface area (Å²) in [5, 5.41) is 2.92. The van der Waals surface area contributed by atoms with Crippen molar-refractivity contribution in [2.24, 2.45) is 5.41 Å². The summed E-state index contributed by atoms with van der Waals surface area (Å²) in [6.45, 7) is 9.14. The van der Waals surface area contributed by atoms with Gasteiger partial charge in [0, 0.05) is 24.5 Å². The molecule has 0 aliphatic heterocycles. The lowest BCUT2D eigenvalue weighted by Crippen LogP contribution is -2.22. The smallest absolute Gasteiger partial charge is 0.251 e. The van der Waals surface area contributed by atoms with E-state index < -0.39 is 0 Å². The monoisotopic (exact) mass is 308 g/mol. The number of allylic oxidation sites excluding steroid dienone is 2. The van der Waals surface area contributed by atoms with Crippen LogP contribution < -0.4 is 5.32 Å². The van der Waals surface area contributed by atoms with Gasteiger partial charge in [-0.1, -0.05) is 39.0 Å². The van der Waals surface area contributed by atoms with E-state index in [9.17, 15) is 4.79 Å². The molecule has 1 heterocycles. The predicted molar refractivity (Wildman–Crippen MR) is 95.0 cm³/mol. The van der Waals surface area contributed by atoms with Crippen molar-refractivity contribution in [2.45, 2.75) is 34.2 Å². The molecule has 2 aromatic rings. The zero-order valence-corrected chi connectivity index (χ0v) is 14.3. The van der Waals surface area contributed by atoms with E-state index in [1.807, 2.05) is 36.4 Å². The Labute approximate surface area is 138 Å². The summed E-state index contributed by atoms with van der Waals surface area (Å²) in [6.07, 6.45) is 5.69. The summed E-state index contributed by atoms with van der Waals surface area (Å²) in [7, 11) is 0. The highest BCUT2D eigenvalue weighted by Crippen LogP contribution is 2.23. The van der Waals surface area contributed by atoms with Crippen LogP contribution in [0, 0.1) is 5.41 Å². The molecule has 1 aromatic carbocycles. The number of nitrogens with one attached hydrogen (secondary N) is 1. The van der Waals surface area contributed by atoms with Crippen LogP contribution in [0.2, 0.25) is 0 Å². The Kier molecular flexibility index (Phi) is 5.32. The zero-order chi connectivity index (χ0) is 16.9. The molecule has 0 bridgehead atoms. The standard InChI is InChI=1S/C20H24N2O/c1-15(13-20(2,3)4)17-5-7-18(8-6-17)19(23)22-14-16-9-11-21-12-10-16/h5-13H,14H2,1-4H3,(H,22,23)/b15-13+. The average Bonchev–Trinajstić information content (AvgIpc) is 2.52. The molecule has 0 atom stereocenters. The molecule has 0 saturated heterocycles. The lowest BCUT2D eigenvalue weighted by atomic mass is 9.91. The third-order valence-electron chi connectivity index (χ3n) is 3.45. The number of carbonyl (C=O) groups excluding carboxylic acids is 1. The van der Waals surface area contributed by atoms with Crippen molar-refractivity contribution < 1.29 is 4.79 Å². The van der Waals surface area contributed by atoms with Crippen molar-refractivity contribution in [2.75, 3.05) is 0 Å². The van der Waals surface area contributed by atoms with Crippen molar-refractivity contribution in [3.63, 3.8) is 0 Å². The van der Waals surface area contributed by atoms with E-state index in [2.05, 4.69) is 44.1 Å². The lowest BCUT2D eigenvalue weighted by molar-refractivity contribution is 0.0951. The number of aromatic nitrogens is 1. The van der Waals surface area contributed by atoms with Gasteiger partial charge in [-0.3, -0.25) is 9.78 Å². The summed E-state index contributed by atoms with van der Waals surface area (Å²) in [6, 6.07) is 11.5. The van der Waals surface area contributed by atoms with Gasteiger partial charge in [0.25, 0.3) is 5.91 Å². The normalized spacial score (nSPS) is 12.1. The molecule has 0 spiro atoms. The van der Waals surface area contributed by atoms with Gasteiger partial charge in [-0.25, -0.2) is 0 Å². The Bertz CT molecular complexity index is 680. The molecule has 0 radical (unpaired) electrons. The van der Waals surface area contributed by atoms with E-state index in [4.69, 9.17) is 0 Å². The highest BCUT2D eigenvalue weighted by Gasteiger charge is 2.09. The number of pyridine rings is 1. The van der Waals surface area contributed by atoms with Crippen LogP contribution in [0.3, 0.4) is 0 Å². The van der Waals surface area contributed by atoms with Crippen LogP contribution in [0.4, 0.5) is 0 Å². The molecular weight excluding hydrogens is 284 g/mol. The third-order valence-corrected chi connectivity index (χ3v) is 3.45. The number of benzene rings is 1. The summed E-state index contributed by atoms with van der Waals surface area (Å²) >= 11 is 0. The Morgan fingerprint density at radius 1 is 1.04 bits per heavy atom. The van der Waals surface area contributed by atoms with Gasteiger partial charge < -0.3 is 5.32 Å². The van der Waals surface area contributed by atoms with E-state index >= 15 is 0 Å². The fraction of sp³-hybridized carbons (Fsp3) is 0.300. The fourth-order valence-electron chi connectivity index (χ4n) is 2.40. The molecule has 2 rings (SSSR count). The summed E-state index contributed by atoms with van der Waals surface area (Å²) in [4.78, 5) is 16.2. The van der Waals surface area contributed by atoms with Crippen molar-refractivity contribution in [1.29, 1.82) is 0 Å². The van der Waals surface area contributed by atoms with Gasteiger partial charge in [-0.2, -0.15) is 0 Å². The van der Waals surface area contributed by atoms with Gasteiger partial charge in [-0.05, 0) is 53.3 Å². The van der Waals surface area contributed by atoms with E-state index in [0.717, 1.165) is 11.1 Å². The first-order valence-corrected chi connectivity index (χ1v) is 7.82. The molecule has 1 aromatic heterocycles. The van der Waals surface area contributed by atoms with Gasteiger partial charge in [0.15, 0.2) is 0 Å². The average molecular weight is 308 g/mol. The third kappa shape index (κ3) is 5.37. The summed E-state index contributed by atoms with van der Waals surface area (Å²) in [5.41, 5.74) is 4.22. The van der Waals surface area contributed by atoms with Gasteiger partial charge in [0.1, 0.15) is 0 Å². The minimum Gasteiger partial charge on any atom is -0.348 e. The molecular formula is C20H24N2O. The molecule has 3 nitrogen and oxygen atoms in total. The second-order valence-electron chi connectivity index (χ2n) is 6.81. The fourth-order valence-corrected chi connectivity index (χ4v) is 2.40. The second kappa shape index (κ2) is 7.23. The molecule has 0 aliphatic rings. The first-order chi connectivity index (χ1) is 10.8. The predicted octanol–water partition coefficient (Wildman–Crippen LogP) is 4.46. The van der Waals surface area contributed by atoms with Crippen molar-refractivity contribution in [3.8, 4) is 0 Å². The van der Waals surface area contributed by atoms with Crippen LogP contribution in [0.1, 0.15) is 49.2 Å². The number of hydrogen-bond acceptors (Lipinski definition) is 2. The van der Waals surface area contributed by atoms with Gasteiger partial charge in [0.05, 0.1) is 0 Å². The molecule has 120 valence electrons. The zero-order valence-electron chi connectivity index (χ0n) is 14.3. The quantitative estimate of drug-likeness (QED) is 0.906. The minimum absolute atomic E-state index is 0.0641. The maximum Gasteiger partial charge on any atom is 0.251 e. The topological polar surface area (TPSA) is 42.0 Å². The minimum atomic E-state index is -0.0641. The Morgan fingerprint density at radius 2 is 1.61 bits per heavy atom.